The molecule has 1 aliphatic heterocycles. The van der Waals surface area contributed by atoms with Gasteiger partial charge in [0.15, 0.2) is 21.4 Å². The van der Waals surface area contributed by atoms with Crippen LogP contribution in [0.15, 0.2) is 52.1 Å². The number of carbonyl (C=O) groups is 2. The fourth-order valence-electron chi connectivity index (χ4n) is 3.63. The Morgan fingerprint density at radius 2 is 2.03 bits per heavy atom. The molecule has 0 aliphatic carbocycles. The molecule has 1 aromatic carbocycles. The summed E-state index contributed by atoms with van der Waals surface area (Å²) in [6.45, 7) is 2.04. The van der Waals surface area contributed by atoms with E-state index >= 15 is 0 Å². The Morgan fingerprint density at radius 1 is 1.21 bits per heavy atom. The highest BCUT2D eigenvalue weighted by molar-refractivity contribution is 8.00. The van der Waals surface area contributed by atoms with Crippen LogP contribution in [0.1, 0.15) is 13.3 Å². The summed E-state index contributed by atoms with van der Waals surface area (Å²) >= 11 is 1.28. The lowest BCUT2D eigenvalue weighted by molar-refractivity contribution is -0.134. The van der Waals surface area contributed by atoms with Gasteiger partial charge in [0.05, 0.1) is 35.6 Å². The molecule has 1 aliphatic rings. The zero-order chi connectivity index (χ0) is 23.4. The second kappa shape index (κ2) is 9.92. The van der Waals surface area contributed by atoms with Crippen molar-refractivity contribution in [3.05, 3.63) is 42.7 Å². The molecule has 0 bridgehead atoms. The summed E-state index contributed by atoms with van der Waals surface area (Å²) in [5, 5.41) is 4.20. The number of rotatable bonds is 8. The predicted molar refractivity (Wildman–Crippen MR) is 125 cm³/mol. The summed E-state index contributed by atoms with van der Waals surface area (Å²) < 4.78 is 28.6. The number of hydrogen-bond donors (Lipinski definition) is 1. The number of furan rings is 1. The lowest BCUT2D eigenvalue weighted by atomic mass is 10.2. The van der Waals surface area contributed by atoms with E-state index in [1.165, 1.54) is 16.7 Å². The number of hydrogen-bond acceptors (Lipinski definition) is 8. The van der Waals surface area contributed by atoms with Crippen LogP contribution in [0.25, 0.3) is 22.5 Å². The van der Waals surface area contributed by atoms with Crippen LogP contribution in [0.4, 0.5) is 0 Å². The zero-order valence-corrected chi connectivity index (χ0v) is 19.7. The minimum absolute atomic E-state index is 0.0482. The van der Waals surface area contributed by atoms with Gasteiger partial charge < -0.3 is 14.6 Å². The molecule has 3 heterocycles. The number of para-hydroxylation sites is 1. The molecule has 0 saturated carbocycles. The molecular weight excluding hydrogens is 464 g/mol. The first-order chi connectivity index (χ1) is 15.8. The molecule has 1 saturated heterocycles. The number of benzene rings is 1. The molecule has 2 aromatic heterocycles. The van der Waals surface area contributed by atoms with Crippen molar-refractivity contribution in [1.82, 2.24) is 20.2 Å². The second-order valence-electron chi connectivity index (χ2n) is 7.71. The Bertz CT molecular complexity index is 1260. The Labute approximate surface area is 195 Å². The smallest absolute Gasteiger partial charge is 0.239 e. The van der Waals surface area contributed by atoms with Crippen molar-refractivity contribution in [3.8, 4) is 11.6 Å². The number of likely N-dealkylation sites (N-methyl/N-ethyl adjacent to an activating group) is 1. The third-order valence-electron chi connectivity index (χ3n) is 5.31. The molecule has 33 heavy (non-hydrogen) atoms. The molecule has 0 spiro atoms. The van der Waals surface area contributed by atoms with Crippen LogP contribution in [0.3, 0.4) is 0 Å². The van der Waals surface area contributed by atoms with E-state index in [2.05, 4.69) is 15.3 Å². The van der Waals surface area contributed by atoms with E-state index in [1.54, 1.807) is 25.3 Å². The van der Waals surface area contributed by atoms with Gasteiger partial charge in [0.2, 0.25) is 11.8 Å². The van der Waals surface area contributed by atoms with Gasteiger partial charge in [-0.25, -0.2) is 18.4 Å². The fraction of sp³-hybridized carbons (Fsp3) is 0.364. The summed E-state index contributed by atoms with van der Waals surface area (Å²) in [6, 6.07) is 10.7. The lowest BCUT2D eigenvalue weighted by Crippen LogP contribution is -2.45. The standard InChI is InChI=1S/C22H24N4O5S2/c1-2-26(12-19(27)23-15-9-11-33(29,30)14-15)20(28)13-32-22-16-6-3-4-7-17(16)24-21(25-22)18-8-5-10-31-18/h3-8,10,15H,2,9,11-14H2,1H3,(H,23,27). The van der Waals surface area contributed by atoms with Crippen molar-refractivity contribution in [3.63, 3.8) is 0 Å². The van der Waals surface area contributed by atoms with E-state index in [1.807, 2.05) is 24.3 Å². The van der Waals surface area contributed by atoms with Gasteiger partial charge in [-0.05, 0) is 31.5 Å². The van der Waals surface area contributed by atoms with Crippen LogP contribution in [0.2, 0.25) is 0 Å². The second-order valence-corrected chi connectivity index (χ2v) is 10.9. The maximum atomic E-state index is 12.8. The minimum Gasteiger partial charge on any atom is -0.461 e. The average molecular weight is 489 g/mol. The Balaban J connectivity index is 1.42. The van der Waals surface area contributed by atoms with Crippen LogP contribution in [-0.4, -0.2) is 71.5 Å². The number of sulfone groups is 1. The monoisotopic (exact) mass is 488 g/mol. The topological polar surface area (TPSA) is 122 Å². The van der Waals surface area contributed by atoms with E-state index in [4.69, 9.17) is 4.42 Å². The van der Waals surface area contributed by atoms with Gasteiger partial charge in [-0.3, -0.25) is 9.59 Å². The Kier molecular flexibility index (Phi) is 6.99. The quantitative estimate of drug-likeness (QED) is 0.378. The van der Waals surface area contributed by atoms with Crippen LogP contribution < -0.4 is 5.32 Å². The van der Waals surface area contributed by atoms with Crippen molar-refractivity contribution in [2.45, 2.75) is 24.4 Å². The predicted octanol–water partition coefficient (Wildman–Crippen LogP) is 2.13. The highest BCUT2D eigenvalue weighted by Gasteiger charge is 2.29. The number of nitrogens with one attached hydrogen (secondary N) is 1. The molecule has 1 N–H and O–H groups in total. The summed E-state index contributed by atoms with van der Waals surface area (Å²) in [5.41, 5.74) is 0.743. The number of fused-ring (bicyclic) bond motifs is 1. The number of nitrogens with zero attached hydrogens (tertiary/aromatic N) is 3. The van der Waals surface area contributed by atoms with Gasteiger partial charge in [-0.1, -0.05) is 30.0 Å². The molecule has 1 unspecified atom stereocenters. The van der Waals surface area contributed by atoms with Crippen molar-refractivity contribution < 1.29 is 22.4 Å². The van der Waals surface area contributed by atoms with Gasteiger partial charge >= 0.3 is 0 Å². The molecule has 11 heteroatoms. The molecule has 3 aromatic rings. The first kappa shape index (κ1) is 23.2. The molecule has 9 nitrogen and oxygen atoms in total. The van der Waals surface area contributed by atoms with Crippen molar-refractivity contribution in [2.75, 3.05) is 30.3 Å². The van der Waals surface area contributed by atoms with Crippen molar-refractivity contribution >= 4 is 44.3 Å². The van der Waals surface area contributed by atoms with E-state index in [0.29, 0.717) is 29.6 Å². The third-order valence-corrected chi connectivity index (χ3v) is 8.05. The SMILES string of the molecule is CCN(CC(=O)NC1CCS(=O)(=O)C1)C(=O)CSc1nc(-c2ccco2)nc2ccccc12. The summed E-state index contributed by atoms with van der Waals surface area (Å²) in [4.78, 5) is 35.8. The zero-order valence-electron chi connectivity index (χ0n) is 18.1. The van der Waals surface area contributed by atoms with Crippen LogP contribution in [0.5, 0.6) is 0 Å². The van der Waals surface area contributed by atoms with Gasteiger partial charge in [-0.2, -0.15) is 0 Å². The summed E-state index contributed by atoms with van der Waals surface area (Å²) in [6.07, 6.45) is 1.96. The van der Waals surface area contributed by atoms with Crippen molar-refractivity contribution in [2.24, 2.45) is 0 Å². The van der Waals surface area contributed by atoms with Gasteiger partial charge in [-0.15, -0.1) is 0 Å². The van der Waals surface area contributed by atoms with E-state index in [-0.39, 0.29) is 35.6 Å². The first-order valence-corrected chi connectivity index (χ1v) is 13.4. The third kappa shape index (κ3) is 5.72. The number of carbonyl (C=O) groups excluding carboxylic acids is 2. The Morgan fingerprint density at radius 3 is 2.73 bits per heavy atom. The van der Waals surface area contributed by atoms with E-state index < -0.39 is 15.9 Å². The number of thioether (sulfide) groups is 1. The maximum Gasteiger partial charge on any atom is 0.239 e. The molecule has 4 rings (SSSR count). The van der Waals surface area contributed by atoms with Gasteiger partial charge in [0.25, 0.3) is 0 Å². The normalized spacial score (nSPS) is 17.2. The number of aromatic nitrogens is 2. The van der Waals surface area contributed by atoms with E-state index in [0.717, 1.165) is 10.9 Å². The van der Waals surface area contributed by atoms with Gasteiger partial charge in [0.1, 0.15) is 5.03 Å². The largest absolute Gasteiger partial charge is 0.461 e. The Hall–Kier alpha value is -2.92. The molecule has 1 fully saturated rings. The van der Waals surface area contributed by atoms with Gasteiger partial charge in [0, 0.05) is 18.0 Å². The summed E-state index contributed by atoms with van der Waals surface area (Å²) in [5.74, 6) is 0.536. The van der Waals surface area contributed by atoms with Crippen LogP contribution in [0, 0.1) is 0 Å². The molecule has 2 amide bonds. The van der Waals surface area contributed by atoms with Crippen LogP contribution in [-0.2, 0) is 19.4 Å². The highest BCUT2D eigenvalue weighted by atomic mass is 32.2. The highest BCUT2D eigenvalue weighted by Crippen LogP contribution is 2.28. The number of amides is 2. The molecule has 1 atom stereocenters. The summed E-state index contributed by atoms with van der Waals surface area (Å²) in [7, 11) is -3.09. The fourth-order valence-corrected chi connectivity index (χ4v) is 6.22. The lowest BCUT2D eigenvalue weighted by Gasteiger charge is -2.21. The molecule has 174 valence electrons. The maximum absolute atomic E-state index is 12.8. The average Bonchev–Trinajstić information content (AvgIpc) is 3.45. The minimum atomic E-state index is -3.09. The molecular formula is C22H24N4O5S2. The first-order valence-electron chi connectivity index (χ1n) is 10.6. The van der Waals surface area contributed by atoms with Crippen molar-refractivity contribution in [1.29, 1.82) is 0 Å². The van der Waals surface area contributed by atoms with Crippen LogP contribution >= 0.6 is 11.8 Å². The molecule has 0 radical (unpaired) electrons. The van der Waals surface area contributed by atoms with E-state index in [9.17, 15) is 18.0 Å².